The van der Waals surface area contributed by atoms with Gasteiger partial charge in [-0.3, -0.25) is 4.98 Å². The molecule has 0 unspecified atom stereocenters. The summed E-state index contributed by atoms with van der Waals surface area (Å²) in [4.78, 5) is 3.98. The number of benzene rings is 1. The molecule has 0 spiro atoms. The van der Waals surface area contributed by atoms with Gasteiger partial charge in [-0.15, -0.1) is 10.2 Å². The largest absolute Gasteiger partial charge is 0.354 e. The SMILES string of the molecule is Fc1cccnc1CNc1nnc(Cc2ccc(Cl)cc2)s1. The van der Waals surface area contributed by atoms with Gasteiger partial charge in [-0.1, -0.05) is 35.1 Å². The molecule has 1 aromatic carbocycles. The first-order valence-corrected chi connectivity index (χ1v) is 7.80. The zero-order valence-electron chi connectivity index (χ0n) is 11.5. The Kier molecular flexibility index (Phi) is 4.60. The summed E-state index contributed by atoms with van der Waals surface area (Å²) in [5.74, 6) is -0.332. The van der Waals surface area contributed by atoms with Crippen LogP contribution in [0.5, 0.6) is 0 Å². The van der Waals surface area contributed by atoms with Gasteiger partial charge in [0.1, 0.15) is 10.8 Å². The van der Waals surface area contributed by atoms with E-state index in [0.29, 0.717) is 22.3 Å². The Morgan fingerprint density at radius 3 is 2.73 bits per heavy atom. The lowest BCUT2D eigenvalue weighted by atomic mass is 10.2. The molecule has 0 fully saturated rings. The minimum atomic E-state index is -0.332. The van der Waals surface area contributed by atoms with Crippen molar-refractivity contribution in [2.24, 2.45) is 0 Å². The molecular weight excluding hydrogens is 323 g/mol. The molecule has 7 heteroatoms. The van der Waals surface area contributed by atoms with Crippen LogP contribution in [0, 0.1) is 5.82 Å². The maximum absolute atomic E-state index is 13.5. The van der Waals surface area contributed by atoms with Crippen molar-refractivity contribution >= 4 is 28.1 Å². The smallest absolute Gasteiger partial charge is 0.206 e. The van der Waals surface area contributed by atoms with Crippen LogP contribution >= 0.6 is 22.9 Å². The van der Waals surface area contributed by atoms with Crippen LogP contribution in [0.15, 0.2) is 42.6 Å². The maximum Gasteiger partial charge on any atom is 0.206 e. The second-order valence-corrected chi connectivity index (χ2v) is 6.09. The van der Waals surface area contributed by atoms with Crippen molar-refractivity contribution < 1.29 is 4.39 Å². The fraction of sp³-hybridized carbons (Fsp3) is 0.133. The third-order valence-electron chi connectivity index (χ3n) is 2.98. The molecule has 0 saturated carbocycles. The van der Waals surface area contributed by atoms with Crippen LogP contribution in [0.1, 0.15) is 16.3 Å². The summed E-state index contributed by atoms with van der Waals surface area (Å²) >= 11 is 7.30. The van der Waals surface area contributed by atoms with E-state index in [1.165, 1.54) is 17.4 Å². The number of nitrogens with zero attached hydrogens (tertiary/aromatic N) is 3. The van der Waals surface area contributed by atoms with E-state index in [1.54, 1.807) is 12.3 Å². The first-order valence-electron chi connectivity index (χ1n) is 6.61. The molecule has 0 aliphatic rings. The second-order valence-electron chi connectivity index (χ2n) is 4.59. The zero-order chi connectivity index (χ0) is 15.4. The number of hydrogen-bond donors (Lipinski definition) is 1. The third kappa shape index (κ3) is 3.78. The molecule has 0 aliphatic carbocycles. The number of nitrogens with one attached hydrogen (secondary N) is 1. The van der Waals surface area contributed by atoms with Crippen LogP contribution in [-0.4, -0.2) is 15.2 Å². The number of hydrogen-bond acceptors (Lipinski definition) is 5. The average Bonchev–Trinajstić information content (AvgIpc) is 2.96. The highest BCUT2D eigenvalue weighted by Gasteiger charge is 2.07. The Bertz CT molecular complexity index is 760. The van der Waals surface area contributed by atoms with Gasteiger partial charge in [-0.05, 0) is 29.8 Å². The number of rotatable bonds is 5. The highest BCUT2D eigenvalue weighted by atomic mass is 35.5. The van der Waals surface area contributed by atoms with Crippen molar-refractivity contribution in [2.45, 2.75) is 13.0 Å². The molecule has 2 heterocycles. The van der Waals surface area contributed by atoms with Crippen LogP contribution in [0.4, 0.5) is 9.52 Å². The summed E-state index contributed by atoms with van der Waals surface area (Å²) in [6.07, 6.45) is 2.25. The van der Waals surface area contributed by atoms with Gasteiger partial charge in [-0.2, -0.15) is 0 Å². The molecule has 4 nitrogen and oxygen atoms in total. The molecule has 0 saturated heterocycles. The Hall–Kier alpha value is -2.05. The topological polar surface area (TPSA) is 50.7 Å². The monoisotopic (exact) mass is 334 g/mol. The van der Waals surface area contributed by atoms with E-state index in [4.69, 9.17) is 11.6 Å². The molecule has 0 atom stereocenters. The van der Waals surface area contributed by atoms with Crippen molar-refractivity contribution in [3.05, 3.63) is 69.7 Å². The summed E-state index contributed by atoms with van der Waals surface area (Å²) in [6, 6.07) is 10.6. The molecule has 112 valence electrons. The Morgan fingerprint density at radius 1 is 1.14 bits per heavy atom. The van der Waals surface area contributed by atoms with Gasteiger partial charge in [0.15, 0.2) is 0 Å². The molecule has 3 aromatic rings. The highest BCUT2D eigenvalue weighted by Crippen LogP contribution is 2.20. The van der Waals surface area contributed by atoms with E-state index >= 15 is 0 Å². The van der Waals surface area contributed by atoms with Gasteiger partial charge >= 0.3 is 0 Å². The van der Waals surface area contributed by atoms with Gasteiger partial charge in [0, 0.05) is 17.6 Å². The number of halogens is 2. The molecule has 0 bridgehead atoms. The van der Waals surface area contributed by atoms with E-state index in [0.717, 1.165) is 10.6 Å². The third-order valence-corrected chi connectivity index (χ3v) is 4.11. The molecule has 2 aromatic heterocycles. The maximum atomic E-state index is 13.5. The van der Waals surface area contributed by atoms with Crippen LogP contribution in [0.2, 0.25) is 5.02 Å². The highest BCUT2D eigenvalue weighted by molar-refractivity contribution is 7.15. The van der Waals surface area contributed by atoms with Crippen molar-refractivity contribution in [3.8, 4) is 0 Å². The quantitative estimate of drug-likeness (QED) is 0.768. The lowest BCUT2D eigenvalue weighted by Gasteiger charge is -2.02. The average molecular weight is 335 g/mol. The molecule has 22 heavy (non-hydrogen) atoms. The zero-order valence-corrected chi connectivity index (χ0v) is 13.0. The molecule has 0 radical (unpaired) electrons. The Balaban J connectivity index is 1.61. The number of aromatic nitrogens is 3. The van der Waals surface area contributed by atoms with E-state index in [2.05, 4.69) is 20.5 Å². The number of pyridine rings is 1. The molecule has 1 N–H and O–H groups in total. The molecule has 3 rings (SSSR count). The van der Waals surface area contributed by atoms with Crippen molar-refractivity contribution in [3.63, 3.8) is 0 Å². The fourth-order valence-corrected chi connectivity index (χ4v) is 2.78. The van der Waals surface area contributed by atoms with Gasteiger partial charge in [0.05, 0.1) is 12.2 Å². The first kappa shape index (κ1) is 14.9. The lowest BCUT2D eigenvalue weighted by molar-refractivity contribution is 0.602. The van der Waals surface area contributed by atoms with Crippen molar-refractivity contribution in [1.82, 2.24) is 15.2 Å². The van der Waals surface area contributed by atoms with E-state index < -0.39 is 0 Å². The van der Waals surface area contributed by atoms with Gasteiger partial charge in [-0.25, -0.2) is 4.39 Å². The predicted molar refractivity (Wildman–Crippen MR) is 85.7 cm³/mol. The van der Waals surface area contributed by atoms with Crippen molar-refractivity contribution in [2.75, 3.05) is 5.32 Å². The van der Waals surface area contributed by atoms with Crippen LogP contribution in [-0.2, 0) is 13.0 Å². The van der Waals surface area contributed by atoms with E-state index in [1.807, 2.05) is 24.3 Å². The van der Waals surface area contributed by atoms with Gasteiger partial charge in [0.25, 0.3) is 0 Å². The summed E-state index contributed by atoms with van der Waals surface area (Å²) < 4.78 is 13.5. The predicted octanol–water partition coefficient (Wildman–Crippen LogP) is 3.93. The normalized spacial score (nSPS) is 10.6. The molecule has 0 amide bonds. The van der Waals surface area contributed by atoms with Crippen LogP contribution < -0.4 is 5.32 Å². The summed E-state index contributed by atoms with van der Waals surface area (Å²) in [7, 11) is 0. The van der Waals surface area contributed by atoms with Crippen LogP contribution in [0.3, 0.4) is 0 Å². The van der Waals surface area contributed by atoms with E-state index in [9.17, 15) is 4.39 Å². The Morgan fingerprint density at radius 2 is 1.95 bits per heavy atom. The van der Waals surface area contributed by atoms with E-state index in [-0.39, 0.29) is 12.4 Å². The summed E-state index contributed by atoms with van der Waals surface area (Å²) in [5.41, 5.74) is 1.47. The molecular formula is C15H12ClFN4S. The second kappa shape index (κ2) is 6.81. The first-order chi connectivity index (χ1) is 10.7. The Labute approximate surface area is 136 Å². The molecule has 0 aliphatic heterocycles. The van der Waals surface area contributed by atoms with Crippen molar-refractivity contribution in [1.29, 1.82) is 0 Å². The summed E-state index contributed by atoms with van der Waals surface area (Å²) in [5, 5.41) is 13.5. The van der Waals surface area contributed by atoms with Gasteiger partial charge < -0.3 is 5.32 Å². The fourth-order valence-electron chi connectivity index (χ4n) is 1.88. The van der Waals surface area contributed by atoms with Crippen LogP contribution in [0.25, 0.3) is 0 Å². The lowest BCUT2D eigenvalue weighted by Crippen LogP contribution is -2.03. The van der Waals surface area contributed by atoms with Gasteiger partial charge in [0.2, 0.25) is 5.13 Å². The standard InChI is InChI=1S/C15H12ClFN4S/c16-11-5-3-10(4-6-11)8-14-20-21-15(22-14)19-9-13-12(17)2-1-7-18-13/h1-7H,8-9H2,(H,19,21). The summed E-state index contributed by atoms with van der Waals surface area (Å²) in [6.45, 7) is 0.280. The minimum absolute atomic E-state index is 0.280. The minimum Gasteiger partial charge on any atom is -0.354 e. The number of anilines is 1.